The number of benzene rings is 2. The van der Waals surface area contributed by atoms with Crippen molar-refractivity contribution in [1.29, 1.82) is 5.41 Å². The molecule has 0 bridgehead atoms. The van der Waals surface area contributed by atoms with Crippen LogP contribution >= 0.6 is 0 Å². The van der Waals surface area contributed by atoms with Crippen LogP contribution in [-0.2, 0) is 11.3 Å². The highest BCUT2D eigenvalue weighted by atomic mass is 16.1. The van der Waals surface area contributed by atoms with Gasteiger partial charge in [0.05, 0.1) is 11.0 Å². The average molecular weight is 585 g/mol. The number of carbonyl (C=O) groups is 1. The molecule has 2 aromatic carbocycles. The molecule has 0 radical (unpaired) electrons. The molecule has 1 saturated carbocycles. The first-order chi connectivity index (χ1) is 20.8. The Morgan fingerprint density at radius 1 is 0.953 bits per heavy atom. The molecule has 1 amide bonds. The Balaban J connectivity index is 1.38. The number of hydrogen-bond donors (Lipinski definition) is 3. The zero-order valence-corrected chi connectivity index (χ0v) is 25.9. The molecule has 8 nitrogen and oxygen atoms in total. The van der Waals surface area contributed by atoms with E-state index in [-0.39, 0.29) is 17.3 Å². The maximum absolute atomic E-state index is 14.0. The predicted molar refractivity (Wildman–Crippen MR) is 176 cm³/mol. The smallest absolute Gasteiger partial charge is 0.277 e. The second-order valence-corrected chi connectivity index (χ2v) is 12.8. The van der Waals surface area contributed by atoms with Gasteiger partial charge in [0.1, 0.15) is 11.5 Å². The van der Waals surface area contributed by atoms with Gasteiger partial charge in [0.2, 0.25) is 5.91 Å². The molecule has 4 N–H and O–H groups in total. The van der Waals surface area contributed by atoms with Crippen LogP contribution in [-0.4, -0.2) is 44.8 Å². The summed E-state index contributed by atoms with van der Waals surface area (Å²) in [5, 5.41) is 10.9. The van der Waals surface area contributed by atoms with Crippen LogP contribution in [0, 0.1) is 11.3 Å². The van der Waals surface area contributed by atoms with Gasteiger partial charge in [-0.1, -0.05) is 50.3 Å². The van der Waals surface area contributed by atoms with Crippen molar-refractivity contribution in [2.75, 3.05) is 11.9 Å². The summed E-state index contributed by atoms with van der Waals surface area (Å²) in [7, 11) is 0. The van der Waals surface area contributed by atoms with E-state index in [0.29, 0.717) is 59.0 Å². The summed E-state index contributed by atoms with van der Waals surface area (Å²) in [5.41, 5.74) is 9.24. The van der Waals surface area contributed by atoms with E-state index in [1.165, 1.54) is 38.5 Å². The normalized spacial score (nSPS) is 19.9. The SMILES string of the molecule is C[C@@H]1CCC[C@H](C)N1CCCCCn1c(=O)c(-c2cccc(C(=N)N)c2)nc2ccc(NC(=O)CC3CCCCC3)cc21. The largest absolute Gasteiger partial charge is 0.384 e. The first kappa shape index (κ1) is 30.9. The predicted octanol–water partition coefficient (Wildman–Crippen LogP) is 6.69. The molecule has 2 fully saturated rings. The van der Waals surface area contributed by atoms with Crippen molar-refractivity contribution in [1.82, 2.24) is 14.5 Å². The molecule has 5 rings (SSSR count). The van der Waals surface area contributed by atoms with Crippen LogP contribution in [0.1, 0.15) is 96.5 Å². The number of piperidine rings is 1. The molecule has 0 unspecified atom stereocenters. The molecule has 2 heterocycles. The van der Waals surface area contributed by atoms with Gasteiger partial charge in [-0.3, -0.25) is 19.9 Å². The second-order valence-electron chi connectivity index (χ2n) is 12.8. The number of aryl methyl sites for hydroxylation is 1. The topological polar surface area (TPSA) is 117 Å². The molecule has 1 aliphatic carbocycles. The summed E-state index contributed by atoms with van der Waals surface area (Å²) in [6.45, 7) is 6.34. The zero-order valence-electron chi connectivity index (χ0n) is 25.9. The number of rotatable bonds is 11. The maximum atomic E-state index is 14.0. The summed E-state index contributed by atoms with van der Waals surface area (Å²) in [6.07, 6.45) is 13.3. The molecule has 230 valence electrons. The number of anilines is 1. The molecule has 0 spiro atoms. The fourth-order valence-corrected chi connectivity index (χ4v) is 7.08. The Hall–Kier alpha value is -3.52. The van der Waals surface area contributed by atoms with Crippen molar-refractivity contribution in [2.45, 2.75) is 110 Å². The number of nitrogens with one attached hydrogen (secondary N) is 2. The van der Waals surface area contributed by atoms with Crippen LogP contribution in [0.2, 0.25) is 0 Å². The van der Waals surface area contributed by atoms with E-state index >= 15 is 0 Å². The highest BCUT2D eigenvalue weighted by Crippen LogP contribution is 2.28. The Labute approximate surface area is 255 Å². The second kappa shape index (κ2) is 14.3. The minimum absolute atomic E-state index is 0.0342. The Bertz CT molecular complexity index is 1480. The molecular weight excluding hydrogens is 536 g/mol. The van der Waals surface area contributed by atoms with E-state index in [9.17, 15) is 9.59 Å². The third-order valence-electron chi connectivity index (χ3n) is 9.55. The summed E-state index contributed by atoms with van der Waals surface area (Å²) >= 11 is 0. The number of amides is 1. The molecule has 1 aromatic heterocycles. The molecule has 43 heavy (non-hydrogen) atoms. The number of amidine groups is 1. The average Bonchev–Trinajstić information content (AvgIpc) is 2.99. The number of aromatic nitrogens is 2. The first-order valence-electron chi connectivity index (χ1n) is 16.3. The van der Waals surface area contributed by atoms with Gasteiger partial charge < -0.3 is 15.6 Å². The van der Waals surface area contributed by atoms with Crippen molar-refractivity contribution in [3.05, 3.63) is 58.4 Å². The molecule has 1 saturated heterocycles. The van der Waals surface area contributed by atoms with Crippen LogP contribution in [0.3, 0.4) is 0 Å². The molecule has 2 aliphatic rings. The third-order valence-corrected chi connectivity index (χ3v) is 9.55. The Kier molecular flexibility index (Phi) is 10.3. The molecular formula is C35H48N6O2. The van der Waals surface area contributed by atoms with E-state index < -0.39 is 0 Å². The van der Waals surface area contributed by atoms with Crippen LogP contribution in [0.15, 0.2) is 47.3 Å². The van der Waals surface area contributed by atoms with Gasteiger partial charge in [0.25, 0.3) is 5.56 Å². The maximum Gasteiger partial charge on any atom is 0.277 e. The number of likely N-dealkylation sites (tertiary alicyclic amines) is 1. The minimum Gasteiger partial charge on any atom is -0.384 e. The number of nitrogens with zero attached hydrogens (tertiary/aromatic N) is 3. The molecule has 2 atom stereocenters. The number of fused-ring (bicyclic) bond motifs is 1. The quantitative estimate of drug-likeness (QED) is 0.132. The molecule has 8 heteroatoms. The number of unbranched alkanes of at least 4 members (excludes halogenated alkanes) is 2. The van der Waals surface area contributed by atoms with Gasteiger partial charge in [0, 0.05) is 41.9 Å². The Morgan fingerprint density at radius 2 is 1.70 bits per heavy atom. The van der Waals surface area contributed by atoms with Gasteiger partial charge >= 0.3 is 0 Å². The first-order valence-corrected chi connectivity index (χ1v) is 16.3. The zero-order chi connectivity index (χ0) is 30.3. The minimum atomic E-state index is -0.169. The number of nitrogen functional groups attached to an aromatic ring is 1. The van der Waals surface area contributed by atoms with E-state index in [0.717, 1.165) is 44.2 Å². The highest BCUT2D eigenvalue weighted by molar-refractivity contribution is 5.96. The van der Waals surface area contributed by atoms with Gasteiger partial charge in [-0.2, -0.15) is 0 Å². The Morgan fingerprint density at radius 3 is 2.44 bits per heavy atom. The highest BCUT2D eigenvalue weighted by Gasteiger charge is 2.24. The van der Waals surface area contributed by atoms with Crippen LogP contribution in [0.25, 0.3) is 22.3 Å². The van der Waals surface area contributed by atoms with E-state index in [1.807, 2.05) is 28.8 Å². The summed E-state index contributed by atoms with van der Waals surface area (Å²) in [6, 6.07) is 14.1. The van der Waals surface area contributed by atoms with Crippen molar-refractivity contribution < 1.29 is 4.79 Å². The van der Waals surface area contributed by atoms with E-state index in [2.05, 4.69) is 24.1 Å². The lowest BCUT2D eigenvalue weighted by molar-refractivity contribution is -0.117. The van der Waals surface area contributed by atoms with Crippen LogP contribution < -0.4 is 16.6 Å². The standard InChI is InChI=1S/C35H48N6O2/c1-24-11-9-12-25(2)40(24)19-7-4-8-20-41-31-23-29(38-32(42)21-26-13-5-3-6-14-26)17-18-30(31)39-33(35(41)43)27-15-10-16-28(22-27)34(36)37/h10,15-18,22-26H,3-9,11-14,19-21H2,1-2H3,(H3,36,37)(H,38,42)/t24-,25+. The monoisotopic (exact) mass is 584 g/mol. The summed E-state index contributed by atoms with van der Waals surface area (Å²) in [4.78, 5) is 34.3. The van der Waals surface area contributed by atoms with Gasteiger partial charge in [-0.15, -0.1) is 0 Å². The molecule has 3 aromatic rings. The van der Waals surface area contributed by atoms with Crippen molar-refractivity contribution in [2.24, 2.45) is 11.7 Å². The van der Waals surface area contributed by atoms with Crippen LogP contribution in [0.4, 0.5) is 5.69 Å². The lowest BCUT2D eigenvalue weighted by Gasteiger charge is -2.39. The summed E-state index contributed by atoms with van der Waals surface area (Å²) < 4.78 is 1.82. The lowest BCUT2D eigenvalue weighted by Crippen LogP contribution is -2.44. The number of hydrogen-bond acceptors (Lipinski definition) is 5. The summed E-state index contributed by atoms with van der Waals surface area (Å²) in [5.74, 6) is 0.444. The third kappa shape index (κ3) is 7.71. The van der Waals surface area contributed by atoms with E-state index in [4.69, 9.17) is 16.1 Å². The van der Waals surface area contributed by atoms with Gasteiger partial charge in [0.15, 0.2) is 0 Å². The number of nitrogens with two attached hydrogens (primary N) is 1. The van der Waals surface area contributed by atoms with Crippen molar-refractivity contribution in [3.8, 4) is 11.3 Å². The molecule has 1 aliphatic heterocycles. The van der Waals surface area contributed by atoms with Crippen LogP contribution in [0.5, 0.6) is 0 Å². The lowest BCUT2D eigenvalue weighted by atomic mass is 9.87. The number of carbonyl (C=O) groups excluding carboxylic acids is 1. The van der Waals surface area contributed by atoms with Crippen molar-refractivity contribution >= 4 is 28.5 Å². The van der Waals surface area contributed by atoms with Gasteiger partial charge in [-0.25, -0.2) is 4.98 Å². The van der Waals surface area contributed by atoms with Crippen molar-refractivity contribution in [3.63, 3.8) is 0 Å². The fourth-order valence-electron chi connectivity index (χ4n) is 7.08. The van der Waals surface area contributed by atoms with E-state index in [1.54, 1.807) is 18.2 Å². The fraction of sp³-hybridized carbons (Fsp3) is 0.543. The van der Waals surface area contributed by atoms with Gasteiger partial charge in [-0.05, 0) is 89.1 Å².